The van der Waals surface area contributed by atoms with E-state index in [1.54, 1.807) is 0 Å². The first-order valence-corrected chi connectivity index (χ1v) is 17.6. The Kier molecular flexibility index (Phi) is 9.75. The molecule has 2 aromatic heterocycles. The first-order valence-electron chi connectivity index (χ1n) is 17.2. The van der Waals surface area contributed by atoms with E-state index in [0.29, 0.717) is 5.02 Å². The summed E-state index contributed by atoms with van der Waals surface area (Å²) in [5, 5.41) is 5.58. The average molecular weight is 661 g/mol. The fourth-order valence-corrected chi connectivity index (χ4v) is 7.00. The number of halogens is 1. The van der Waals surface area contributed by atoms with Crippen molar-refractivity contribution in [3.63, 3.8) is 0 Å². The van der Waals surface area contributed by atoms with Crippen LogP contribution in [0.1, 0.15) is 40.9 Å². The minimum atomic E-state index is -0.0128. The number of aryl methyl sites for hydroxylation is 2. The average Bonchev–Trinajstić information content (AvgIpc) is 3.11. The number of benzene rings is 3. The molecule has 1 unspecified atom stereocenters. The van der Waals surface area contributed by atoms with Gasteiger partial charge in [0.15, 0.2) is 0 Å². The quantitative estimate of drug-likeness (QED) is 0.182. The Balaban J connectivity index is 1.02. The number of hydrogen-bond acceptors (Lipinski definition) is 8. The molecule has 4 heterocycles. The van der Waals surface area contributed by atoms with Crippen LogP contribution in [0.2, 0.25) is 5.02 Å². The molecule has 1 N–H and O–H groups in total. The van der Waals surface area contributed by atoms with E-state index < -0.39 is 0 Å². The van der Waals surface area contributed by atoms with Crippen LogP contribution in [-0.2, 0) is 6.54 Å². The zero-order valence-corrected chi connectivity index (χ0v) is 29.0. The van der Waals surface area contributed by atoms with Crippen molar-refractivity contribution < 1.29 is 0 Å². The highest BCUT2D eigenvalue weighted by Gasteiger charge is 2.23. The molecule has 2 aliphatic rings. The second-order valence-electron chi connectivity index (χ2n) is 13.1. The molecule has 0 radical (unpaired) electrons. The fraction of sp³-hybridized carbons (Fsp3) is 0.359. The zero-order valence-electron chi connectivity index (χ0n) is 28.2. The second-order valence-corrected chi connectivity index (χ2v) is 13.5. The monoisotopic (exact) mass is 660 g/mol. The number of pyridine rings is 1. The Morgan fingerprint density at radius 2 is 1.40 bits per heavy atom. The molecule has 0 amide bonds. The summed E-state index contributed by atoms with van der Waals surface area (Å²) in [4.78, 5) is 24.2. The van der Waals surface area contributed by atoms with Crippen molar-refractivity contribution in [2.45, 2.75) is 33.4 Å². The highest BCUT2D eigenvalue weighted by molar-refractivity contribution is 6.31. The highest BCUT2D eigenvalue weighted by Crippen LogP contribution is 2.32. The van der Waals surface area contributed by atoms with E-state index in [1.807, 2.05) is 30.5 Å². The van der Waals surface area contributed by atoms with Gasteiger partial charge < -0.3 is 20.0 Å². The van der Waals surface area contributed by atoms with Crippen LogP contribution < -0.4 is 15.1 Å². The molecule has 2 saturated heterocycles. The summed E-state index contributed by atoms with van der Waals surface area (Å²) >= 11 is 6.27. The molecule has 0 spiro atoms. The number of nitrogens with one attached hydrogen (secondary N) is 1. The van der Waals surface area contributed by atoms with Crippen LogP contribution in [0.5, 0.6) is 0 Å². The van der Waals surface area contributed by atoms with Gasteiger partial charge in [-0.2, -0.15) is 4.98 Å². The van der Waals surface area contributed by atoms with E-state index in [-0.39, 0.29) is 6.04 Å². The van der Waals surface area contributed by atoms with Crippen LogP contribution in [-0.4, -0.2) is 83.7 Å². The van der Waals surface area contributed by atoms with E-state index in [4.69, 9.17) is 21.6 Å². The van der Waals surface area contributed by atoms with Gasteiger partial charge in [-0.15, -0.1) is 0 Å². The van der Waals surface area contributed by atoms with E-state index in [0.717, 1.165) is 99.5 Å². The van der Waals surface area contributed by atoms with Crippen molar-refractivity contribution in [3.05, 3.63) is 118 Å². The number of hydrogen-bond donors (Lipinski definition) is 1. The third-order valence-electron chi connectivity index (χ3n) is 9.76. The summed E-state index contributed by atoms with van der Waals surface area (Å²) in [5.74, 6) is 1.93. The molecule has 0 bridgehead atoms. The lowest BCUT2D eigenvalue weighted by molar-refractivity contribution is 0.249. The third-order valence-corrected chi connectivity index (χ3v) is 10.00. The minimum absolute atomic E-state index is 0.0128. The number of rotatable bonds is 9. The standard InChI is InChI=1S/C39H45ClN8/c1-4-45-17-23-48(24-18-45)39-42-29(3)25-37(44-39)47-21-19-46(20-22-47)27-30-7-11-32(12-8-30)38(31-9-5-28(2)6-10-31)43-35-15-16-41-36-26-33(40)13-14-34(35)36/h5-16,25-26,38H,4,17-24,27H2,1-3H3,(H,41,43). The first kappa shape index (κ1) is 32.3. The van der Waals surface area contributed by atoms with E-state index in [1.165, 1.54) is 22.3 Å². The summed E-state index contributed by atoms with van der Waals surface area (Å²) in [6, 6.07) is 28.0. The maximum atomic E-state index is 6.27. The number of fused-ring (bicyclic) bond motifs is 1. The van der Waals surface area contributed by atoms with Gasteiger partial charge in [0.1, 0.15) is 5.82 Å². The fourth-order valence-electron chi connectivity index (χ4n) is 6.83. The molecule has 48 heavy (non-hydrogen) atoms. The summed E-state index contributed by atoms with van der Waals surface area (Å²) in [6.07, 6.45) is 1.84. The molecule has 0 aliphatic carbocycles. The lowest BCUT2D eigenvalue weighted by atomic mass is 9.96. The van der Waals surface area contributed by atoms with Crippen molar-refractivity contribution in [2.24, 2.45) is 0 Å². The Morgan fingerprint density at radius 3 is 2.10 bits per heavy atom. The minimum Gasteiger partial charge on any atom is -0.374 e. The van der Waals surface area contributed by atoms with E-state index >= 15 is 0 Å². The van der Waals surface area contributed by atoms with Crippen LogP contribution in [0.4, 0.5) is 17.5 Å². The second kappa shape index (κ2) is 14.5. The Hall–Kier alpha value is -4.24. The number of aromatic nitrogens is 3. The highest BCUT2D eigenvalue weighted by atomic mass is 35.5. The lowest BCUT2D eigenvalue weighted by Gasteiger charge is -2.37. The maximum Gasteiger partial charge on any atom is 0.227 e. The number of anilines is 3. The third kappa shape index (κ3) is 7.41. The molecule has 9 heteroatoms. The summed E-state index contributed by atoms with van der Waals surface area (Å²) < 4.78 is 0. The molecular weight excluding hydrogens is 616 g/mol. The van der Waals surface area contributed by atoms with Crippen molar-refractivity contribution in [1.29, 1.82) is 0 Å². The van der Waals surface area contributed by atoms with Gasteiger partial charge in [-0.05, 0) is 61.3 Å². The van der Waals surface area contributed by atoms with Crippen molar-refractivity contribution >= 4 is 40.0 Å². The first-order chi connectivity index (χ1) is 23.4. The van der Waals surface area contributed by atoms with Crippen LogP contribution in [0, 0.1) is 13.8 Å². The smallest absolute Gasteiger partial charge is 0.227 e. The number of nitrogens with zero attached hydrogens (tertiary/aromatic N) is 7. The van der Waals surface area contributed by atoms with Gasteiger partial charge in [-0.3, -0.25) is 9.88 Å². The molecule has 7 rings (SSSR count). The topological polar surface area (TPSA) is 63.7 Å². The summed E-state index contributed by atoms with van der Waals surface area (Å²) in [6.45, 7) is 16.5. The van der Waals surface area contributed by atoms with Crippen LogP contribution in [0.3, 0.4) is 0 Å². The number of piperazine rings is 2. The predicted octanol–water partition coefficient (Wildman–Crippen LogP) is 6.96. The maximum absolute atomic E-state index is 6.27. The van der Waals surface area contributed by atoms with Gasteiger partial charge in [-0.1, -0.05) is 72.6 Å². The Morgan fingerprint density at radius 1 is 0.729 bits per heavy atom. The SMILES string of the molecule is CCN1CCN(c2nc(C)cc(N3CCN(Cc4ccc(C(Nc5ccnc6cc(Cl)ccc56)c5ccc(C)cc5)cc4)CC3)n2)CC1. The summed E-state index contributed by atoms with van der Waals surface area (Å²) in [7, 11) is 0. The largest absolute Gasteiger partial charge is 0.374 e. The van der Waals surface area contributed by atoms with Crippen molar-refractivity contribution in [3.8, 4) is 0 Å². The van der Waals surface area contributed by atoms with Crippen molar-refractivity contribution in [1.82, 2.24) is 24.8 Å². The van der Waals surface area contributed by atoms with Crippen LogP contribution >= 0.6 is 11.6 Å². The van der Waals surface area contributed by atoms with E-state index in [9.17, 15) is 0 Å². The molecular formula is C39H45ClN8. The Labute approximate surface area is 289 Å². The van der Waals surface area contributed by atoms with Crippen LogP contribution in [0.25, 0.3) is 10.9 Å². The zero-order chi connectivity index (χ0) is 33.0. The van der Waals surface area contributed by atoms with Gasteiger partial charge in [0.25, 0.3) is 0 Å². The molecule has 5 aromatic rings. The van der Waals surface area contributed by atoms with Gasteiger partial charge in [0.05, 0.1) is 11.6 Å². The molecule has 8 nitrogen and oxygen atoms in total. The van der Waals surface area contributed by atoms with Gasteiger partial charge in [0, 0.05) is 93.0 Å². The Bertz CT molecular complexity index is 1830. The molecule has 2 aliphatic heterocycles. The molecule has 2 fully saturated rings. The molecule has 0 saturated carbocycles. The predicted molar refractivity (Wildman–Crippen MR) is 198 cm³/mol. The molecule has 1 atom stereocenters. The van der Waals surface area contributed by atoms with Gasteiger partial charge in [0.2, 0.25) is 5.95 Å². The summed E-state index contributed by atoms with van der Waals surface area (Å²) in [5.41, 5.74) is 7.96. The molecule has 248 valence electrons. The van der Waals surface area contributed by atoms with E-state index in [2.05, 4.69) is 105 Å². The van der Waals surface area contributed by atoms with Gasteiger partial charge in [-0.25, -0.2) is 4.98 Å². The normalized spacial score (nSPS) is 16.8. The molecule has 3 aromatic carbocycles. The van der Waals surface area contributed by atoms with Crippen LogP contribution in [0.15, 0.2) is 85.1 Å². The van der Waals surface area contributed by atoms with Crippen molar-refractivity contribution in [2.75, 3.05) is 74.0 Å². The van der Waals surface area contributed by atoms with Gasteiger partial charge >= 0.3 is 0 Å². The lowest BCUT2D eigenvalue weighted by Crippen LogP contribution is -2.48. The number of likely N-dealkylation sites (N-methyl/N-ethyl adjacent to an activating group) is 1.